The molecular formula is C2H5BrN4. The molecule has 0 aliphatic rings. The van der Waals surface area contributed by atoms with E-state index in [0.29, 0.717) is 0 Å². The third kappa shape index (κ3) is 1.54. The van der Waals surface area contributed by atoms with Gasteiger partial charge in [-0.05, 0) is 5.21 Å². The van der Waals surface area contributed by atoms with Crippen molar-refractivity contribution in [2.24, 2.45) is 0 Å². The summed E-state index contributed by atoms with van der Waals surface area (Å²) in [6.45, 7) is 0. The maximum atomic E-state index is 5.02. The molecule has 0 unspecified atom stereocenters. The molecule has 0 aliphatic heterocycles. The number of nitrogen functional groups attached to an aromatic ring is 1. The van der Waals surface area contributed by atoms with Gasteiger partial charge in [0, 0.05) is 0 Å². The zero-order valence-corrected chi connectivity index (χ0v) is 5.20. The van der Waals surface area contributed by atoms with Crippen LogP contribution in [0.5, 0.6) is 0 Å². The van der Waals surface area contributed by atoms with Crippen LogP contribution in [0.2, 0.25) is 0 Å². The molecule has 4 nitrogen and oxygen atoms in total. The lowest BCUT2D eigenvalue weighted by atomic mass is 11.0. The van der Waals surface area contributed by atoms with Gasteiger partial charge < -0.3 is 5.84 Å². The Hall–Kier alpha value is -0.580. The minimum Gasteiger partial charge on any atom is -0.322 e. The van der Waals surface area contributed by atoms with Crippen LogP contribution in [0.4, 0.5) is 0 Å². The summed E-state index contributed by atoms with van der Waals surface area (Å²) in [5.74, 6) is 5.02. The van der Waals surface area contributed by atoms with Crippen LogP contribution in [0.15, 0.2) is 12.4 Å². The molecule has 7 heavy (non-hydrogen) atoms. The second kappa shape index (κ2) is 2.57. The van der Waals surface area contributed by atoms with Gasteiger partial charge in [0.25, 0.3) is 0 Å². The molecule has 0 fully saturated rings. The standard InChI is InChI=1S/C2H4N4.BrH/c3-6-2-1-4-5-6;/h1-2H,3H2;1H. The largest absolute Gasteiger partial charge is 0.322 e. The molecule has 1 aromatic rings. The highest BCUT2D eigenvalue weighted by molar-refractivity contribution is 8.93. The van der Waals surface area contributed by atoms with Gasteiger partial charge in [-0.1, -0.05) is 0 Å². The van der Waals surface area contributed by atoms with Crippen LogP contribution >= 0.6 is 17.0 Å². The third-order valence-corrected chi connectivity index (χ3v) is 0.441. The van der Waals surface area contributed by atoms with Gasteiger partial charge in [0.1, 0.15) is 0 Å². The fourth-order valence-electron chi connectivity index (χ4n) is 0.217. The number of rotatable bonds is 0. The van der Waals surface area contributed by atoms with Crippen molar-refractivity contribution in [1.82, 2.24) is 15.1 Å². The van der Waals surface area contributed by atoms with Crippen molar-refractivity contribution in [2.45, 2.75) is 0 Å². The smallest absolute Gasteiger partial charge is 0.0715 e. The van der Waals surface area contributed by atoms with Crippen molar-refractivity contribution in [3.05, 3.63) is 12.4 Å². The van der Waals surface area contributed by atoms with E-state index in [4.69, 9.17) is 5.84 Å². The number of nitrogens with two attached hydrogens (primary N) is 1. The summed E-state index contributed by atoms with van der Waals surface area (Å²) >= 11 is 0. The zero-order chi connectivity index (χ0) is 4.41. The molecule has 0 aliphatic carbocycles. The molecule has 0 aromatic carbocycles. The normalized spacial score (nSPS) is 7.43. The molecule has 0 atom stereocenters. The Morgan fingerprint density at radius 3 is 2.43 bits per heavy atom. The summed E-state index contributed by atoms with van der Waals surface area (Å²) in [6, 6.07) is 0. The Balaban J connectivity index is 0.000000360. The SMILES string of the molecule is Br.Nn1ccnn1. The molecule has 0 spiro atoms. The second-order valence-electron chi connectivity index (χ2n) is 0.883. The Bertz CT molecular complexity index is 113. The summed E-state index contributed by atoms with van der Waals surface area (Å²) < 4.78 is 0. The van der Waals surface area contributed by atoms with Crippen LogP contribution in [0, 0.1) is 0 Å². The topological polar surface area (TPSA) is 56.7 Å². The summed E-state index contributed by atoms with van der Waals surface area (Å²) in [7, 11) is 0. The van der Waals surface area contributed by atoms with Crippen molar-refractivity contribution in [1.29, 1.82) is 0 Å². The molecule has 0 radical (unpaired) electrons. The molecule has 0 bridgehead atoms. The lowest BCUT2D eigenvalue weighted by Gasteiger charge is -1.76. The van der Waals surface area contributed by atoms with Gasteiger partial charge >= 0.3 is 0 Å². The highest BCUT2D eigenvalue weighted by Crippen LogP contribution is 1.62. The second-order valence-corrected chi connectivity index (χ2v) is 0.883. The first-order valence-corrected chi connectivity index (χ1v) is 1.51. The van der Waals surface area contributed by atoms with Gasteiger partial charge in [-0.15, -0.1) is 22.1 Å². The van der Waals surface area contributed by atoms with Crippen LogP contribution in [0.1, 0.15) is 0 Å². The first kappa shape index (κ1) is 6.42. The van der Waals surface area contributed by atoms with Crippen LogP contribution in [0.25, 0.3) is 0 Å². The predicted molar refractivity (Wildman–Crippen MR) is 30.5 cm³/mol. The van der Waals surface area contributed by atoms with E-state index in [-0.39, 0.29) is 17.0 Å². The number of nitrogens with zero attached hydrogens (tertiary/aromatic N) is 3. The molecule has 0 saturated carbocycles. The summed E-state index contributed by atoms with van der Waals surface area (Å²) in [5.41, 5.74) is 0. The van der Waals surface area contributed by atoms with Crippen LogP contribution < -0.4 is 5.84 Å². The average molecular weight is 165 g/mol. The average Bonchev–Trinajstić information content (AvgIpc) is 1.86. The molecule has 0 saturated heterocycles. The number of aromatic nitrogens is 3. The van der Waals surface area contributed by atoms with Gasteiger partial charge in [0.2, 0.25) is 0 Å². The van der Waals surface area contributed by atoms with Gasteiger partial charge in [-0.3, -0.25) is 0 Å². The molecule has 0 amide bonds. The van der Waals surface area contributed by atoms with Crippen LogP contribution in [-0.2, 0) is 0 Å². The van der Waals surface area contributed by atoms with Crippen molar-refractivity contribution >= 4 is 17.0 Å². The van der Waals surface area contributed by atoms with Crippen molar-refractivity contribution < 1.29 is 0 Å². The first-order chi connectivity index (χ1) is 2.89. The Morgan fingerprint density at radius 2 is 2.29 bits per heavy atom. The lowest BCUT2D eigenvalue weighted by molar-refractivity contribution is 0.765. The lowest BCUT2D eigenvalue weighted by Crippen LogP contribution is -2.07. The molecule has 40 valence electrons. The highest BCUT2D eigenvalue weighted by atomic mass is 79.9. The monoisotopic (exact) mass is 164 g/mol. The molecule has 1 heterocycles. The van der Waals surface area contributed by atoms with E-state index in [9.17, 15) is 0 Å². The fraction of sp³-hybridized carbons (Fsp3) is 0. The van der Waals surface area contributed by atoms with E-state index in [2.05, 4.69) is 10.3 Å². The van der Waals surface area contributed by atoms with Gasteiger partial charge in [0.15, 0.2) is 0 Å². The summed E-state index contributed by atoms with van der Waals surface area (Å²) in [6.07, 6.45) is 3.07. The fourth-order valence-corrected chi connectivity index (χ4v) is 0.217. The minimum atomic E-state index is 0. The number of halogens is 1. The van der Waals surface area contributed by atoms with Gasteiger partial charge in [-0.25, -0.2) is 0 Å². The van der Waals surface area contributed by atoms with Crippen molar-refractivity contribution in [3.63, 3.8) is 0 Å². The zero-order valence-electron chi connectivity index (χ0n) is 3.48. The number of hydrogen-bond acceptors (Lipinski definition) is 3. The molecule has 5 heteroatoms. The summed E-state index contributed by atoms with van der Waals surface area (Å²) in [5, 5.41) is 6.77. The molecule has 1 aromatic heterocycles. The minimum absolute atomic E-state index is 0. The van der Waals surface area contributed by atoms with Crippen molar-refractivity contribution in [2.75, 3.05) is 5.84 Å². The van der Waals surface area contributed by atoms with Crippen LogP contribution in [0.3, 0.4) is 0 Å². The molecule has 1 rings (SSSR count). The van der Waals surface area contributed by atoms with E-state index < -0.39 is 0 Å². The highest BCUT2D eigenvalue weighted by Gasteiger charge is 1.71. The Morgan fingerprint density at radius 1 is 1.57 bits per heavy atom. The van der Waals surface area contributed by atoms with Crippen LogP contribution in [-0.4, -0.2) is 15.1 Å². The van der Waals surface area contributed by atoms with E-state index in [1.54, 1.807) is 6.20 Å². The number of hydrogen-bond donors (Lipinski definition) is 1. The Labute approximate surface area is 51.0 Å². The molecular weight excluding hydrogens is 160 g/mol. The van der Waals surface area contributed by atoms with E-state index in [1.807, 2.05) is 0 Å². The van der Waals surface area contributed by atoms with E-state index in [0.717, 1.165) is 4.79 Å². The quantitative estimate of drug-likeness (QED) is 0.530. The maximum Gasteiger partial charge on any atom is 0.0715 e. The predicted octanol–water partition coefficient (Wildman–Crippen LogP) is -0.430. The summed E-state index contributed by atoms with van der Waals surface area (Å²) in [4.78, 5) is 1.14. The van der Waals surface area contributed by atoms with E-state index >= 15 is 0 Å². The Kier molecular flexibility index (Phi) is 2.36. The van der Waals surface area contributed by atoms with Crippen molar-refractivity contribution in [3.8, 4) is 0 Å². The first-order valence-electron chi connectivity index (χ1n) is 1.51. The van der Waals surface area contributed by atoms with Gasteiger partial charge in [-0.2, -0.15) is 4.79 Å². The maximum absolute atomic E-state index is 5.02. The van der Waals surface area contributed by atoms with E-state index in [1.165, 1.54) is 6.20 Å². The third-order valence-electron chi connectivity index (χ3n) is 0.441. The van der Waals surface area contributed by atoms with Gasteiger partial charge in [0.05, 0.1) is 12.4 Å². The molecule has 2 N–H and O–H groups in total.